The predicted octanol–water partition coefficient (Wildman–Crippen LogP) is 2.50. The molecule has 1 aliphatic carbocycles. The average Bonchev–Trinajstić information content (AvgIpc) is 2.76. The summed E-state index contributed by atoms with van der Waals surface area (Å²) in [4.78, 5) is 25.8. The molecule has 1 fully saturated rings. The molecule has 2 aliphatic rings. The number of likely N-dealkylation sites (tertiary alicyclic amines) is 1. The highest BCUT2D eigenvalue weighted by Gasteiger charge is 2.47. The normalized spacial score (nSPS) is 24.4. The van der Waals surface area contributed by atoms with Crippen LogP contribution in [0.25, 0.3) is 0 Å². The van der Waals surface area contributed by atoms with Crippen LogP contribution in [-0.2, 0) is 17.6 Å². The molecule has 1 heterocycles. The third-order valence-corrected chi connectivity index (χ3v) is 4.95. The summed E-state index contributed by atoms with van der Waals surface area (Å²) in [5.41, 5.74) is 2.29. The van der Waals surface area contributed by atoms with Gasteiger partial charge in [-0.1, -0.05) is 13.0 Å². The van der Waals surface area contributed by atoms with Crippen LogP contribution in [0.5, 0.6) is 0 Å². The van der Waals surface area contributed by atoms with E-state index in [4.69, 9.17) is 5.11 Å². The van der Waals surface area contributed by atoms with E-state index in [0.29, 0.717) is 12.0 Å². The van der Waals surface area contributed by atoms with Gasteiger partial charge < -0.3 is 10.0 Å². The maximum Gasteiger partial charge on any atom is 0.335 e. The summed E-state index contributed by atoms with van der Waals surface area (Å²) in [5.74, 6) is -0.626. The first-order valence-electron chi connectivity index (χ1n) is 7.70. The second-order valence-corrected chi connectivity index (χ2v) is 6.29. The Morgan fingerprint density at radius 1 is 1.33 bits per heavy atom. The monoisotopic (exact) mass is 287 g/mol. The van der Waals surface area contributed by atoms with Gasteiger partial charge in [-0.2, -0.15) is 0 Å². The molecule has 1 aliphatic heterocycles. The predicted molar refractivity (Wildman–Crippen MR) is 79.3 cm³/mol. The summed E-state index contributed by atoms with van der Waals surface area (Å²) in [6, 6.07) is 5.34. The molecular formula is C17H21NO3. The molecule has 0 unspecified atom stereocenters. The highest BCUT2D eigenvalue weighted by molar-refractivity contribution is 5.88. The minimum absolute atomic E-state index is 0.274. The third kappa shape index (κ3) is 2.33. The molecule has 112 valence electrons. The maximum absolute atomic E-state index is 12.7. The number of benzene rings is 1. The Morgan fingerprint density at radius 3 is 2.86 bits per heavy atom. The number of hydrogen-bond donors (Lipinski definition) is 1. The lowest BCUT2D eigenvalue weighted by Gasteiger charge is -2.33. The second-order valence-electron chi connectivity index (χ2n) is 6.29. The van der Waals surface area contributed by atoms with Gasteiger partial charge >= 0.3 is 5.97 Å². The smallest absolute Gasteiger partial charge is 0.335 e. The number of nitrogens with zero attached hydrogens (tertiary/aromatic N) is 1. The summed E-state index contributed by atoms with van der Waals surface area (Å²) in [6.07, 6.45) is 4.36. The van der Waals surface area contributed by atoms with Crippen LogP contribution in [-0.4, -0.2) is 35.0 Å². The molecule has 0 saturated carbocycles. The molecule has 3 rings (SSSR count). The number of hydrogen-bond acceptors (Lipinski definition) is 2. The lowest BCUT2D eigenvalue weighted by molar-refractivity contribution is -0.136. The van der Waals surface area contributed by atoms with E-state index in [-0.39, 0.29) is 11.3 Å². The molecule has 0 aromatic heterocycles. The van der Waals surface area contributed by atoms with Crippen molar-refractivity contribution in [2.24, 2.45) is 5.41 Å². The van der Waals surface area contributed by atoms with Gasteiger partial charge in [0, 0.05) is 13.1 Å². The van der Waals surface area contributed by atoms with Gasteiger partial charge in [-0.3, -0.25) is 4.79 Å². The number of carbonyl (C=O) groups is 2. The van der Waals surface area contributed by atoms with Crippen molar-refractivity contribution in [1.82, 2.24) is 4.90 Å². The summed E-state index contributed by atoms with van der Waals surface area (Å²) in [5, 5.41) is 9.13. The summed E-state index contributed by atoms with van der Waals surface area (Å²) >= 11 is 0. The van der Waals surface area contributed by atoms with Crippen LogP contribution in [0.1, 0.15) is 47.7 Å². The van der Waals surface area contributed by atoms with Crippen LogP contribution in [0.15, 0.2) is 18.2 Å². The van der Waals surface area contributed by atoms with Crippen molar-refractivity contribution in [1.29, 1.82) is 0 Å². The molecule has 21 heavy (non-hydrogen) atoms. The molecule has 0 radical (unpaired) electrons. The molecule has 4 heteroatoms. The lowest BCUT2D eigenvalue weighted by atomic mass is 9.70. The van der Waals surface area contributed by atoms with E-state index < -0.39 is 5.97 Å². The van der Waals surface area contributed by atoms with Crippen LogP contribution >= 0.6 is 0 Å². The molecule has 1 aromatic carbocycles. The highest BCUT2D eigenvalue weighted by atomic mass is 16.4. The summed E-state index contributed by atoms with van der Waals surface area (Å²) in [7, 11) is 0. The van der Waals surface area contributed by atoms with Crippen molar-refractivity contribution < 1.29 is 14.7 Å². The van der Waals surface area contributed by atoms with Crippen LogP contribution in [0.4, 0.5) is 0 Å². The number of amides is 1. The second kappa shape index (κ2) is 5.17. The van der Waals surface area contributed by atoms with E-state index in [1.165, 1.54) is 5.56 Å². The fourth-order valence-corrected chi connectivity index (χ4v) is 3.77. The zero-order valence-corrected chi connectivity index (χ0v) is 12.4. The maximum atomic E-state index is 12.7. The van der Waals surface area contributed by atoms with Crippen molar-refractivity contribution >= 4 is 11.9 Å². The van der Waals surface area contributed by atoms with E-state index in [1.54, 1.807) is 12.1 Å². The standard InChI is InChI=1S/C17H21NO3/c1-2-8-18-9-7-17(16(18)21)6-5-12-3-4-13(15(19)20)10-14(12)11-17/h3-4,10H,2,5-9,11H2,1H3,(H,19,20)/t17-/m1/s1. The number of carboxylic acid groups (broad SMARTS) is 1. The first-order valence-corrected chi connectivity index (χ1v) is 7.70. The number of carbonyl (C=O) groups excluding carboxylic acids is 1. The van der Waals surface area contributed by atoms with Crippen molar-refractivity contribution in [3.8, 4) is 0 Å². The molecule has 1 atom stereocenters. The zero-order valence-electron chi connectivity index (χ0n) is 12.4. The van der Waals surface area contributed by atoms with Crippen LogP contribution in [0, 0.1) is 5.41 Å². The Labute approximate surface area is 124 Å². The first-order chi connectivity index (χ1) is 10.1. The molecule has 4 nitrogen and oxygen atoms in total. The van der Waals surface area contributed by atoms with Gasteiger partial charge in [-0.15, -0.1) is 0 Å². The Kier molecular flexibility index (Phi) is 3.47. The highest BCUT2D eigenvalue weighted by Crippen LogP contribution is 2.43. The van der Waals surface area contributed by atoms with E-state index >= 15 is 0 Å². The third-order valence-electron chi connectivity index (χ3n) is 4.95. The topological polar surface area (TPSA) is 57.6 Å². The van der Waals surface area contributed by atoms with Crippen LogP contribution < -0.4 is 0 Å². The van der Waals surface area contributed by atoms with Crippen LogP contribution in [0.2, 0.25) is 0 Å². The van der Waals surface area contributed by atoms with Gasteiger partial charge in [0.2, 0.25) is 5.91 Å². The van der Waals surface area contributed by atoms with Gasteiger partial charge in [0.1, 0.15) is 0 Å². The molecule has 0 bridgehead atoms. The zero-order chi connectivity index (χ0) is 15.0. The van der Waals surface area contributed by atoms with Crippen molar-refractivity contribution in [2.75, 3.05) is 13.1 Å². The first kappa shape index (κ1) is 14.1. The fraction of sp³-hybridized carbons (Fsp3) is 0.529. The minimum atomic E-state index is -0.900. The van der Waals surface area contributed by atoms with Gasteiger partial charge in [-0.25, -0.2) is 4.79 Å². The van der Waals surface area contributed by atoms with Crippen molar-refractivity contribution in [3.63, 3.8) is 0 Å². The van der Waals surface area contributed by atoms with Gasteiger partial charge in [0.25, 0.3) is 0 Å². The number of fused-ring (bicyclic) bond motifs is 1. The Balaban J connectivity index is 1.88. The number of rotatable bonds is 3. The number of aromatic carboxylic acids is 1. The van der Waals surface area contributed by atoms with E-state index in [9.17, 15) is 9.59 Å². The Hall–Kier alpha value is -1.84. The van der Waals surface area contributed by atoms with Gasteiger partial charge in [0.05, 0.1) is 11.0 Å². The lowest BCUT2D eigenvalue weighted by Crippen LogP contribution is -2.39. The van der Waals surface area contributed by atoms with Crippen LogP contribution in [0.3, 0.4) is 0 Å². The van der Waals surface area contributed by atoms with Gasteiger partial charge in [-0.05, 0) is 55.4 Å². The van der Waals surface area contributed by atoms with E-state index in [1.807, 2.05) is 11.0 Å². The molecule has 1 N–H and O–H groups in total. The number of carboxylic acids is 1. The SMILES string of the molecule is CCCN1CC[C@@]2(CCc3ccc(C(=O)O)cc3C2)C1=O. The van der Waals surface area contributed by atoms with E-state index in [0.717, 1.165) is 44.3 Å². The fourth-order valence-electron chi connectivity index (χ4n) is 3.77. The van der Waals surface area contributed by atoms with Gasteiger partial charge in [0.15, 0.2) is 0 Å². The average molecular weight is 287 g/mol. The van der Waals surface area contributed by atoms with Crippen molar-refractivity contribution in [2.45, 2.75) is 39.0 Å². The molecular weight excluding hydrogens is 266 g/mol. The quantitative estimate of drug-likeness (QED) is 0.929. The largest absolute Gasteiger partial charge is 0.478 e. The number of aryl methyl sites for hydroxylation is 1. The molecule has 1 saturated heterocycles. The Morgan fingerprint density at radius 2 is 2.14 bits per heavy atom. The van der Waals surface area contributed by atoms with Crippen molar-refractivity contribution in [3.05, 3.63) is 34.9 Å². The summed E-state index contributed by atoms with van der Waals surface area (Å²) in [6.45, 7) is 3.77. The molecule has 1 aromatic rings. The Bertz CT molecular complexity index is 596. The molecule has 1 spiro atoms. The summed E-state index contributed by atoms with van der Waals surface area (Å²) < 4.78 is 0. The van der Waals surface area contributed by atoms with E-state index in [2.05, 4.69) is 6.92 Å². The molecule has 1 amide bonds. The minimum Gasteiger partial charge on any atom is -0.478 e.